The summed E-state index contributed by atoms with van der Waals surface area (Å²) < 4.78 is 1.51. The van der Waals surface area contributed by atoms with E-state index >= 15 is 0 Å². The van der Waals surface area contributed by atoms with Gasteiger partial charge in [-0.05, 0) is 12.8 Å². The van der Waals surface area contributed by atoms with Crippen molar-refractivity contribution in [2.45, 2.75) is 37.0 Å². The number of nitrogens with zero attached hydrogens (tertiary/aromatic N) is 3. The van der Waals surface area contributed by atoms with Crippen molar-refractivity contribution in [3.63, 3.8) is 0 Å². The molecule has 1 amide bonds. The van der Waals surface area contributed by atoms with Crippen LogP contribution in [0.25, 0.3) is 0 Å². The maximum absolute atomic E-state index is 12.5. The number of rotatable bonds is 3. The molecule has 1 aromatic heterocycles. The first-order chi connectivity index (χ1) is 10.1. The van der Waals surface area contributed by atoms with E-state index < -0.39 is 11.9 Å². The third-order valence-electron chi connectivity index (χ3n) is 3.84. The molecule has 7 nitrogen and oxygen atoms in total. The Labute approximate surface area is 125 Å². The quantitative estimate of drug-likeness (QED) is 0.814. The number of carboxylic acids is 1. The van der Waals surface area contributed by atoms with Crippen LogP contribution in [-0.4, -0.2) is 49.8 Å². The number of fused-ring (bicyclic) bond motifs is 1. The van der Waals surface area contributed by atoms with E-state index in [-0.39, 0.29) is 23.6 Å². The zero-order valence-electron chi connectivity index (χ0n) is 11.3. The molecule has 1 fully saturated rings. The first-order valence-electron chi connectivity index (χ1n) is 6.83. The number of carbonyl (C=O) groups excluding carboxylic acids is 1. The van der Waals surface area contributed by atoms with Gasteiger partial charge < -0.3 is 10.0 Å². The molecular formula is C13H15N3O4S. The zero-order valence-corrected chi connectivity index (χ0v) is 12.1. The van der Waals surface area contributed by atoms with Crippen LogP contribution in [-0.2, 0) is 11.3 Å². The lowest BCUT2D eigenvalue weighted by molar-refractivity contribution is -0.137. The van der Waals surface area contributed by atoms with E-state index in [2.05, 4.69) is 4.98 Å². The number of likely N-dealkylation sites (tertiary alicyclic amines) is 1. The van der Waals surface area contributed by atoms with Crippen molar-refractivity contribution in [3.05, 3.63) is 22.1 Å². The van der Waals surface area contributed by atoms with Crippen LogP contribution in [0.3, 0.4) is 0 Å². The topological polar surface area (TPSA) is 92.5 Å². The van der Waals surface area contributed by atoms with Crippen LogP contribution in [0.4, 0.5) is 0 Å². The first kappa shape index (κ1) is 14.1. The van der Waals surface area contributed by atoms with Crippen LogP contribution in [0.1, 0.15) is 29.6 Å². The summed E-state index contributed by atoms with van der Waals surface area (Å²) in [4.78, 5) is 41.4. The molecule has 112 valence electrons. The molecule has 1 unspecified atom stereocenters. The number of thioether (sulfide) groups is 1. The number of carbonyl (C=O) groups is 2. The lowest BCUT2D eigenvalue weighted by Gasteiger charge is -2.23. The maximum Gasteiger partial charge on any atom is 0.305 e. The third-order valence-corrected chi connectivity index (χ3v) is 4.81. The Morgan fingerprint density at radius 1 is 1.43 bits per heavy atom. The number of hydrogen-bond acceptors (Lipinski definition) is 5. The highest BCUT2D eigenvalue weighted by Gasteiger charge is 2.33. The number of carboxylic acid groups (broad SMARTS) is 1. The van der Waals surface area contributed by atoms with Gasteiger partial charge in [-0.2, -0.15) is 0 Å². The molecule has 1 aromatic rings. The SMILES string of the molecule is O=C(O)CC1CCCN1C(=O)c1cnc2n(c1=O)CCS2. The molecule has 0 bridgehead atoms. The van der Waals surface area contributed by atoms with Crippen LogP contribution in [0, 0.1) is 0 Å². The Kier molecular flexibility index (Phi) is 3.71. The van der Waals surface area contributed by atoms with Crippen molar-refractivity contribution in [3.8, 4) is 0 Å². The van der Waals surface area contributed by atoms with Gasteiger partial charge in [-0.15, -0.1) is 0 Å². The molecular weight excluding hydrogens is 294 g/mol. The van der Waals surface area contributed by atoms with Crippen LogP contribution in [0.15, 0.2) is 16.1 Å². The van der Waals surface area contributed by atoms with Gasteiger partial charge >= 0.3 is 5.97 Å². The third kappa shape index (κ3) is 2.55. The Morgan fingerprint density at radius 3 is 3.00 bits per heavy atom. The highest BCUT2D eigenvalue weighted by molar-refractivity contribution is 7.99. The van der Waals surface area contributed by atoms with Crippen molar-refractivity contribution < 1.29 is 14.7 Å². The monoisotopic (exact) mass is 309 g/mol. The molecule has 2 aliphatic rings. The van der Waals surface area contributed by atoms with Crippen LogP contribution in [0.5, 0.6) is 0 Å². The second-order valence-electron chi connectivity index (χ2n) is 5.15. The summed E-state index contributed by atoms with van der Waals surface area (Å²) in [5.74, 6) is -0.547. The summed E-state index contributed by atoms with van der Waals surface area (Å²) in [5.41, 5.74) is -0.283. The van der Waals surface area contributed by atoms with E-state index in [9.17, 15) is 14.4 Å². The van der Waals surface area contributed by atoms with Gasteiger partial charge in [0.05, 0.1) is 6.42 Å². The van der Waals surface area contributed by atoms with Gasteiger partial charge in [0.15, 0.2) is 5.16 Å². The van der Waals surface area contributed by atoms with E-state index in [1.54, 1.807) is 0 Å². The molecule has 1 N–H and O–H groups in total. The van der Waals surface area contributed by atoms with Crippen molar-refractivity contribution in [2.75, 3.05) is 12.3 Å². The van der Waals surface area contributed by atoms with Gasteiger partial charge in [0.2, 0.25) is 0 Å². The van der Waals surface area contributed by atoms with E-state index in [1.165, 1.54) is 27.4 Å². The second-order valence-corrected chi connectivity index (χ2v) is 6.21. The Hall–Kier alpha value is -1.83. The standard InChI is InChI=1S/C13H15N3O4S/c17-10(18)6-8-2-1-3-15(8)11(19)9-7-14-13-16(12(9)20)4-5-21-13/h7-8H,1-6H2,(H,17,18). The van der Waals surface area contributed by atoms with Crippen molar-refractivity contribution in [2.24, 2.45) is 0 Å². The first-order valence-corrected chi connectivity index (χ1v) is 7.82. The van der Waals surface area contributed by atoms with E-state index in [0.29, 0.717) is 24.7 Å². The smallest absolute Gasteiger partial charge is 0.305 e. The minimum atomic E-state index is -0.931. The molecule has 0 radical (unpaired) electrons. The van der Waals surface area contributed by atoms with Crippen LogP contribution >= 0.6 is 11.8 Å². The molecule has 1 saturated heterocycles. The van der Waals surface area contributed by atoms with Gasteiger partial charge in [-0.3, -0.25) is 19.0 Å². The molecule has 3 heterocycles. The average molecular weight is 309 g/mol. The molecule has 2 aliphatic heterocycles. The van der Waals surface area contributed by atoms with E-state index in [4.69, 9.17) is 5.11 Å². The molecule has 0 spiro atoms. The molecule has 0 aliphatic carbocycles. The van der Waals surface area contributed by atoms with Gasteiger partial charge in [0, 0.05) is 31.1 Å². The van der Waals surface area contributed by atoms with Crippen molar-refractivity contribution in [1.82, 2.24) is 14.5 Å². The maximum atomic E-state index is 12.5. The summed E-state index contributed by atoms with van der Waals surface area (Å²) in [6.07, 6.45) is 2.67. The molecule has 3 rings (SSSR count). The largest absolute Gasteiger partial charge is 0.481 e. The van der Waals surface area contributed by atoms with Crippen molar-refractivity contribution in [1.29, 1.82) is 0 Å². The number of aromatic nitrogens is 2. The van der Waals surface area contributed by atoms with Crippen LogP contribution < -0.4 is 5.56 Å². The molecule has 1 atom stereocenters. The fourth-order valence-electron chi connectivity index (χ4n) is 2.84. The zero-order chi connectivity index (χ0) is 15.0. The second kappa shape index (κ2) is 5.51. The van der Waals surface area contributed by atoms with Gasteiger partial charge in [-0.25, -0.2) is 4.98 Å². The minimum absolute atomic E-state index is 0.0403. The molecule has 0 saturated carbocycles. The van der Waals surface area contributed by atoms with Gasteiger partial charge in [0.25, 0.3) is 11.5 Å². The number of hydrogen-bond donors (Lipinski definition) is 1. The number of amides is 1. The summed E-state index contributed by atoms with van der Waals surface area (Å²) in [5, 5.41) is 9.55. The summed E-state index contributed by atoms with van der Waals surface area (Å²) in [6, 6.07) is -0.331. The predicted octanol–water partition coefficient (Wildman–Crippen LogP) is 0.428. The fourth-order valence-corrected chi connectivity index (χ4v) is 3.75. The molecule has 21 heavy (non-hydrogen) atoms. The van der Waals surface area contributed by atoms with Crippen molar-refractivity contribution >= 4 is 23.6 Å². The van der Waals surface area contributed by atoms with E-state index in [0.717, 1.165) is 12.2 Å². The average Bonchev–Trinajstić information content (AvgIpc) is 3.06. The summed E-state index contributed by atoms with van der Waals surface area (Å²) in [6.45, 7) is 1.05. The highest BCUT2D eigenvalue weighted by Crippen LogP contribution is 2.23. The summed E-state index contributed by atoms with van der Waals surface area (Å²) >= 11 is 1.49. The molecule has 0 aromatic carbocycles. The Bertz CT molecular complexity index is 657. The normalized spacial score (nSPS) is 20.6. The van der Waals surface area contributed by atoms with Gasteiger partial charge in [0.1, 0.15) is 5.56 Å². The fraction of sp³-hybridized carbons (Fsp3) is 0.538. The minimum Gasteiger partial charge on any atom is -0.481 e. The lowest BCUT2D eigenvalue weighted by atomic mass is 10.1. The lowest BCUT2D eigenvalue weighted by Crippen LogP contribution is -2.40. The van der Waals surface area contributed by atoms with E-state index in [1.807, 2.05) is 0 Å². The highest BCUT2D eigenvalue weighted by atomic mass is 32.2. The Morgan fingerprint density at radius 2 is 2.24 bits per heavy atom. The molecule has 8 heteroatoms. The number of aliphatic carboxylic acids is 1. The van der Waals surface area contributed by atoms with Crippen LogP contribution in [0.2, 0.25) is 0 Å². The van der Waals surface area contributed by atoms with Gasteiger partial charge in [-0.1, -0.05) is 11.8 Å². The summed E-state index contributed by atoms with van der Waals surface area (Å²) in [7, 11) is 0. The predicted molar refractivity (Wildman–Crippen MR) is 75.5 cm³/mol. The Balaban J connectivity index is 1.89.